The summed E-state index contributed by atoms with van der Waals surface area (Å²) in [6.45, 7) is 5.03. The summed E-state index contributed by atoms with van der Waals surface area (Å²) >= 11 is 0. The molecule has 2 unspecified atom stereocenters. The number of hydrogen-bond donors (Lipinski definition) is 2. The van der Waals surface area contributed by atoms with Gasteiger partial charge in [0.05, 0.1) is 35.2 Å². The van der Waals surface area contributed by atoms with Crippen LogP contribution in [0.25, 0.3) is 27.7 Å². The summed E-state index contributed by atoms with van der Waals surface area (Å²) in [6, 6.07) is 16.1. The number of nitrogens with one attached hydrogen (secondary N) is 2. The fraction of sp³-hybridized carbons (Fsp3) is 0.286. The predicted octanol–water partition coefficient (Wildman–Crippen LogP) is 4.05. The maximum Gasteiger partial charge on any atom is 0.269 e. The Morgan fingerprint density at radius 3 is 2.64 bits per heavy atom. The molecule has 3 aliphatic rings. The van der Waals surface area contributed by atoms with Crippen molar-refractivity contribution in [1.82, 2.24) is 40.2 Å². The van der Waals surface area contributed by atoms with Gasteiger partial charge in [-0.1, -0.05) is 37.0 Å². The van der Waals surface area contributed by atoms with Crippen LogP contribution in [0.3, 0.4) is 0 Å². The van der Waals surface area contributed by atoms with Crippen LogP contribution in [-0.2, 0) is 33.9 Å². The van der Waals surface area contributed by atoms with E-state index in [9.17, 15) is 24.0 Å². The van der Waals surface area contributed by atoms with Gasteiger partial charge in [0, 0.05) is 73.0 Å². The van der Waals surface area contributed by atoms with Gasteiger partial charge >= 0.3 is 0 Å². The molecule has 0 aliphatic carbocycles. The first kappa shape index (κ1) is 35.4. The van der Waals surface area contributed by atoms with Crippen molar-refractivity contribution >= 4 is 40.3 Å². The molecule has 2 atom stereocenters. The maximum absolute atomic E-state index is 13.1. The molecule has 8 rings (SSSR count). The van der Waals surface area contributed by atoms with Crippen LogP contribution >= 0.6 is 0 Å². The Hall–Kier alpha value is -6.68. The first-order valence-electron chi connectivity index (χ1n) is 18.4. The molecule has 2 aromatic carbocycles. The van der Waals surface area contributed by atoms with Crippen molar-refractivity contribution in [2.45, 2.75) is 64.6 Å². The number of amides is 5. The lowest BCUT2D eigenvalue weighted by Gasteiger charge is -2.29. The molecule has 5 amide bonds. The van der Waals surface area contributed by atoms with E-state index in [2.05, 4.69) is 34.4 Å². The van der Waals surface area contributed by atoms with E-state index in [-0.39, 0.29) is 48.2 Å². The summed E-state index contributed by atoms with van der Waals surface area (Å²) in [5, 5.41) is 12.0. The molecule has 1 saturated heterocycles. The SMILES string of the molecule is CCc1nn(-c2cccc3cc(-c4ccc(C(=O)NCCC#Cc5cccc6c5CN(C5CCC(=O)NC5=O)C6=O)nc4)ncc23)c2c1C(C)C(=O)N(C)C2. The highest BCUT2D eigenvalue weighted by atomic mass is 16.2. The molecule has 55 heavy (non-hydrogen) atoms. The third-order valence-corrected chi connectivity index (χ3v) is 10.6. The lowest BCUT2D eigenvalue weighted by Crippen LogP contribution is -2.52. The van der Waals surface area contributed by atoms with Gasteiger partial charge in [0.25, 0.3) is 11.8 Å². The number of hydrogen-bond acceptors (Lipinski definition) is 8. The molecule has 13 nitrogen and oxygen atoms in total. The van der Waals surface area contributed by atoms with E-state index in [1.165, 1.54) is 4.90 Å². The van der Waals surface area contributed by atoms with E-state index >= 15 is 0 Å². The summed E-state index contributed by atoms with van der Waals surface area (Å²) in [7, 11) is 1.82. The Balaban J connectivity index is 0.914. The minimum Gasteiger partial charge on any atom is -0.350 e. The van der Waals surface area contributed by atoms with Gasteiger partial charge in [0.15, 0.2) is 0 Å². The van der Waals surface area contributed by atoms with Gasteiger partial charge in [-0.15, -0.1) is 0 Å². The van der Waals surface area contributed by atoms with Crippen molar-refractivity contribution < 1.29 is 24.0 Å². The number of piperidine rings is 1. The normalized spacial score (nSPS) is 17.8. The summed E-state index contributed by atoms with van der Waals surface area (Å²) in [6.07, 6.45) is 5.05. The molecule has 13 heteroatoms. The van der Waals surface area contributed by atoms with E-state index in [4.69, 9.17) is 10.1 Å². The second kappa shape index (κ2) is 14.3. The molecular formula is C42H38N8O5. The van der Waals surface area contributed by atoms with E-state index in [1.54, 1.807) is 29.3 Å². The molecule has 0 bridgehead atoms. The van der Waals surface area contributed by atoms with Gasteiger partial charge in [-0.25, -0.2) is 4.68 Å². The number of nitrogens with zero attached hydrogens (tertiary/aromatic N) is 6. The topological polar surface area (TPSA) is 159 Å². The Morgan fingerprint density at radius 1 is 1.02 bits per heavy atom. The fourth-order valence-corrected chi connectivity index (χ4v) is 7.75. The number of aryl methyl sites for hydroxylation is 1. The zero-order valence-corrected chi connectivity index (χ0v) is 30.7. The van der Waals surface area contributed by atoms with Crippen molar-refractivity contribution in [2.75, 3.05) is 13.6 Å². The number of carbonyl (C=O) groups is 5. The van der Waals surface area contributed by atoms with Gasteiger partial charge in [-0.2, -0.15) is 5.10 Å². The number of imide groups is 1. The Morgan fingerprint density at radius 2 is 1.85 bits per heavy atom. The highest BCUT2D eigenvalue weighted by Gasteiger charge is 2.40. The zero-order chi connectivity index (χ0) is 38.4. The van der Waals surface area contributed by atoms with Gasteiger partial charge in [0.2, 0.25) is 17.7 Å². The van der Waals surface area contributed by atoms with E-state index in [1.807, 2.05) is 61.2 Å². The lowest BCUT2D eigenvalue weighted by molar-refractivity contribution is -0.137. The largest absolute Gasteiger partial charge is 0.350 e. The van der Waals surface area contributed by atoms with Crippen molar-refractivity contribution in [3.63, 3.8) is 0 Å². The number of fused-ring (bicyclic) bond motifs is 3. The third-order valence-electron chi connectivity index (χ3n) is 10.6. The molecular weight excluding hydrogens is 697 g/mol. The molecule has 3 aliphatic heterocycles. The molecule has 276 valence electrons. The van der Waals surface area contributed by atoms with Gasteiger partial charge in [0.1, 0.15) is 11.7 Å². The minimum atomic E-state index is -0.691. The molecule has 2 N–H and O–H groups in total. The lowest BCUT2D eigenvalue weighted by atomic mass is 9.92. The van der Waals surface area contributed by atoms with Crippen LogP contribution in [0.5, 0.6) is 0 Å². The van der Waals surface area contributed by atoms with Crippen molar-refractivity contribution in [1.29, 1.82) is 0 Å². The number of likely N-dealkylation sites (N-methyl/N-ethyl adjacent to an activating group) is 1. The van der Waals surface area contributed by atoms with Crippen LogP contribution in [0.1, 0.15) is 88.0 Å². The van der Waals surface area contributed by atoms with Gasteiger partial charge in [-0.3, -0.25) is 39.3 Å². The summed E-state index contributed by atoms with van der Waals surface area (Å²) in [4.78, 5) is 75.2. The first-order chi connectivity index (χ1) is 26.6. The van der Waals surface area contributed by atoms with Crippen LogP contribution in [-0.4, -0.2) is 78.7 Å². The number of aromatic nitrogens is 4. The second-order valence-electron chi connectivity index (χ2n) is 14.0. The van der Waals surface area contributed by atoms with Crippen molar-refractivity contribution in [2.24, 2.45) is 0 Å². The highest BCUT2D eigenvalue weighted by molar-refractivity contribution is 6.05. The van der Waals surface area contributed by atoms with Gasteiger partial charge < -0.3 is 15.1 Å². The maximum atomic E-state index is 13.1. The zero-order valence-electron chi connectivity index (χ0n) is 30.7. The Labute approximate surface area is 317 Å². The van der Waals surface area contributed by atoms with Crippen LogP contribution in [0, 0.1) is 11.8 Å². The summed E-state index contributed by atoms with van der Waals surface area (Å²) in [5.74, 6) is 4.69. The minimum absolute atomic E-state index is 0.100. The van der Waals surface area contributed by atoms with Crippen LogP contribution in [0.2, 0.25) is 0 Å². The van der Waals surface area contributed by atoms with E-state index < -0.39 is 11.9 Å². The second-order valence-corrected chi connectivity index (χ2v) is 14.0. The summed E-state index contributed by atoms with van der Waals surface area (Å²) < 4.78 is 1.96. The standard InChI is InChI=1S/C42H38N8O5/c1-4-31-38-24(2)41(54)48(3)23-36(38)50(47-31)34-13-8-11-26-19-33(45-21-29(26)34)27-14-15-32(44-20-27)39(52)43-18-6-5-9-25-10-7-12-28-30(25)22-49(42(28)55)35-16-17-37(51)46-40(35)53/h7-8,10-15,19-21,24,35H,4,6,16-18,22-23H2,1-3H3,(H,43,52)(H,46,51,53). The molecule has 0 radical (unpaired) electrons. The Kier molecular flexibility index (Phi) is 9.18. The first-order valence-corrected chi connectivity index (χ1v) is 18.4. The number of carbonyl (C=O) groups excluding carboxylic acids is 5. The van der Waals surface area contributed by atoms with Crippen molar-refractivity contribution in [3.8, 4) is 28.8 Å². The summed E-state index contributed by atoms with van der Waals surface area (Å²) in [5.41, 5.74) is 7.56. The molecule has 0 saturated carbocycles. The van der Waals surface area contributed by atoms with Crippen LogP contribution in [0.15, 0.2) is 67.0 Å². The highest BCUT2D eigenvalue weighted by Crippen LogP contribution is 2.35. The smallest absolute Gasteiger partial charge is 0.269 e. The van der Waals surface area contributed by atoms with Gasteiger partial charge in [-0.05, 0) is 67.1 Å². The van der Waals surface area contributed by atoms with Crippen LogP contribution in [0.4, 0.5) is 0 Å². The molecule has 6 heterocycles. The molecule has 3 aromatic heterocycles. The van der Waals surface area contributed by atoms with Crippen molar-refractivity contribution in [3.05, 3.63) is 106 Å². The third kappa shape index (κ3) is 6.39. The quantitative estimate of drug-likeness (QED) is 0.144. The Bertz CT molecular complexity index is 2500. The monoisotopic (exact) mass is 734 g/mol. The molecule has 1 fully saturated rings. The average molecular weight is 735 g/mol. The van der Waals surface area contributed by atoms with E-state index in [0.717, 1.165) is 51.0 Å². The number of pyridine rings is 2. The van der Waals surface area contributed by atoms with Crippen LogP contribution < -0.4 is 10.6 Å². The number of benzene rings is 2. The molecule has 0 spiro atoms. The average Bonchev–Trinajstić information content (AvgIpc) is 3.73. The molecule has 5 aromatic rings. The fourth-order valence-electron chi connectivity index (χ4n) is 7.75. The van der Waals surface area contributed by atoms with E-state index in [0.29, 0.717) is 42.8 Å². The number of rotatable bonds is 7. The predicted molar refractivity (Wildman–Crippen MR) is 203 cm³/mol.